The highest BCUT2D eigenvalue weighted by atomic mass is 32.2. The normalized spacial score (nSPS) is 12.6. The molecule has 0 aromatic heterocycles. The van der Waals surface area contributed by atoms with Gasteiger partial charge >= 0.3 is 5.97 Å². The maximum Gasteiger partial charge on any atom is 0.313 e. The zero-order valence-electron chi connectivity index (χ0n) is 9.38. The number of aliphatic carboxylic acids is 1. The van der Waals surface area contributed by atoms with Crippen LogP contribution in [0.5, 0.6) is 0 Å². The minimum Gasteiger partial charge on any atom is -0.481 e. The highest BCUT2D eigenvalue weighted by Gasteiger charge is 2.36. The molecule has 0 saturated carbocycles. The maximum absolute atomic E-state index is 11.9. The van der Waals surface area contributed by atoms with E-state index in [1.165, 1.54) is 11.8 Å². The van der Waals surface area contributed by atoms with E-state index in [1.807, 2.05) is 20.8 Å². The van der Waals surface area contributed by atoms with Crippen molar-refractivity contribution in [3.05, 3.63) is 0 Å². The van der Waals surface area contributed by atoms with E-state index in [0.29, 0.717) is 0 Å². The highest BCUT2D eigenvalue weighted by Crippen LogP contribution is 2.33. The third-order valence-corrected chi connectivity index (χ3v) is 3.08. The van der Waals surface area contributed by atoms with Crippen molar-refractivity contribution in [1.82, 2.24) is 0 Å². The molecule has 0 atom stereocenters. The Balaban J connectivity index is 4.46. The van der Waals surface area contributed by atoms with Crippen LogP contribution in [0, 0.1) is 5.41 Å². The van der Waals surface area contributed by atoms with E-state index in [-0.39, 0.29) is 11.5 Å². The predicted octanol–water partition coefficient (Wildman–Crippen LogP) is 2.20. The van der Waals surface area contributed by atoms with Crippen molar-refractivity contribution in [3.8, 4) is 0 Å². The van der Waals surface area contributed by atoms with Gasteiger partial charge < -0.3 is 5.11 Å². The molecule has 3 nitrogen and oxygen atoms in total. The summed E-state index contributed by atoms with van der Waals surface area (Å²) in [6.45, 7) is 9.08. The standard InChI is InChI=1S/C10H18O3S/c1-9(2,3)8(13)10(4,5)14-6-7(11)12/h6H2,1-5H3,(H,11,12). The Bertz CT molecular complexity index is 238. The molecule has 0 aliphatic rings. The smallest absolute Gasteiger partial charge is 0.313 e. The third-order valence-electron chi connectivity index (χ3n) is 1.78. The number of carboxylic acid groups (broad SMARTS) is 1. The lowest BCUT2D eigenvalue weighted by molar-refractivity contribution is -0.133. The number of hydrogen-bond donors (Lipinski definition) is 1. The van der Waals surface area contributed by atoms with Crippen LogP contribution in [0.25, 0.3) is 0 Å². The number of carboxylic acids is 1. The number of carbonyl (C=O) groups is 2. The minimum atomic E-state index is -0.884. The molecule has 0 bridgehead atoms. The average Bonchev–Trinajstić information content (AvgIpc) is 1.98. The lowest BCUT2D eigenvalue weighted by Gasteiger charge is -2.29. The van der Waals surface area contributed by atoms with Crippen molar-refractivity contribution in [2.24, 2.45) is 5.41 Å². The van der Waals surface area contributed by atoms with Gasteiger partial charge in [0, 0.05) is 5.41 Å². The molecule has 0 spiro atoms. The highest BCUT2D eigenvalue weighted by molar-refractivity contribution is 8.02. The summed E-state index contributed by atoms with van der Waals surface area (Å²) in [4.78, 5) is 22.3. The predicted molar refractivity (Wildman–Crippen MR) is 58.6 cm³/mol. The van der Waals surface area contributed by atoms with Gasteiger partial charge in [0.15, 0.2) is 5.78 Å². The molecule has 0 aromatic rings. The number of ketones is 1. The number of rotatable bonds is 4. The van der Waals surface area contributed by atoms with Crippen LogP contribution in [-0.2, 0) is 9.59 Å². The van der Waals surface area contributed by atoms with Crippen molar-refractivity contribution < 1.29 is 14.7 Å². The summed E-state index contributed by atoms with van der Waals surface area (Å²) >= 11 is 1.17. The van der Waals surface area contributed by atoms with E-state index in [4.69, 9.17) is 5.11 Å². The van der Waals surface area contributed by atoms with E-state index in [0.717, 1.165) is 0 Å². The summed E-state index contributed by atoms with van der Waals surface area (Å²) < 4.78 is -0.628. The molecule has 0 unspecified atom stereocenters. The van der Waals surface area contributed by atoms with Crippen molar-refractivity contribution >= 4 is 23.5 Å². The maximum atomic E-state index is 11.9. The largest absolute Gasteiger partial charge is 0.481 e. The summed E-state index contributed by atoms with van der Waals surface area (Å²) in [7, 11) is 0. The molecule has 0 aromatic carbocycles. The number of Topliss-reactive ketones (excluding diaryl/α,β-unsaturated/α-hetero) is 1. The van der Waals surface area contributed by atoms with Crippen LogP contribution in [-0.4, -0.2) is 27.4 Å². The van der Waals surface area contributed by atoms with Crippen molar-refractivity contribution in [3.63, 3.8) is 0 Å². The SMILES string of the molecule is CC(C)(C)C(=O)C(C)(C)SCC(=O)O. The van der Waals surface area contributed by atoms with E-state index in [2.05, 4.69) is 0 Å². The fourth-order valence-corrected chi connectivity index (χ4v) is 2.13. The quantitative estimate of drug-likeness (QED) is 0.786. The first-order valence-electron chi connectivity index (χ1n) is 4.48. The monoisotopic (exact) mass is 218 g/mol. The van der Waals surface area contributed by atoms with Crippen LogP contribution in [0.1, 0.15) is 34.6 Å². The van der Waals surface area contributed by atoms with E-state index >= 15 is 0 Å². The first-order valence-corrected chi connectivity index (χ1v) is 5.46. The number of hydrogen-bond acceptors (Lipinski definition) is 3. The molecule has 14 heavy (non-hydrogen) atoms. The third kappa shape index (κ3) is 4.13. The zero-order valence-corrected chi connectivity index (χ0v) is 10.2. The Morgan fingerprint density at radius 2 is 1.57 bits per heavy atom. The second-order valence-electron chi connectivity index (χ2n) is 4.77. The topological polar surface area (TPSA) is 54.4 Å². The Morgan fingerprint density at radius 1 is 1.14 bits per heavy atom. The fraction of sp³-hybridized carbons (Fsp3) is 0.800. The van der Waals surface area contributed by atoms with Gasteiger partial charge in [0.2, 0.25) is 0 Å². The molecule has 0 amide bonds. The summed E-state index contributed by atoms with van der Waals surface area (Å²) in [6, 6.07) is 0. The van der Waals surface area contributed by atoms with E-state index in [9.17, 15) is 9.59 Å². The second kappa shape index (κ2) is 4.34. The van der Waals surface area contributed by atoms with Crippen LogP contribution in [0.4, 0.5) is 0 Å². The first-order chi connectivity index (χ1) is 6.07. The molecule has 82 valence electrons. The van der Waals surface area contributed by atoms with Crippen molar-refractivity contribution in [2.75, 3.05) is 5.75 Å². The molecule has 0 saturated heterocycles. The van der Waals surface area contributed by atoms with Crippen molar-refractivity contribution in [1.29, 1.82) is 0 Å². The van der Waals surface area contributed by atoms with Crippen molar-refractivity contribution in [2.45, 2.75) is 39.4 Å². The zero-order chi connectivity index (χ0) is 11.6. The molecule has 0 radical (unpaired) electrons. The van der Waals surface area contributed by atoms with Gasteiger partial charge in [0.25, 0.3) is 0 Å². The van der Waals surface area contributed by atoms with Crippen LogP contribution < -0.4 is 0 Å². The second-order valence-corrected chi connectivity index (χ2v) is 6.37. The molecule has 0 rings (SSSR count). The number of carbonyl (C=O) groups excluding carboxylic acids is 1. The first kappa shape index (κ1) is 13.5. The van der Waals surface area contributed by atoms with Gasteiger partial charge in [0.05, 0.1) is 10.5 Å². The molecule has 0 fully saturated rings. The molecule has 4 heteroatoms. The van der Waals surface area contributed by atoms with E-state index in [1.54, 1.807) is 13.8 Å². The van der Waals surface area contributed by atoms with Gasteiger partial charge in [-0.1, -0.05) is 20.8 Å². The van der Waals surface area contributed by atoms with Crippen LogP contribution in [0.3, 0.4) is 0 Å². The molecule has 0 aliphatic heterocycles. The Hall–Kier alpha value is -0.510. The van der Waals surface area contributed by atoms with Gasteiger partial charge in [-0.15, -0.1) is 11.8 Å². The van der Waals surface area contributed by atoms with Gasteiger partial charge in [-0.25, -0.2) is 0 Å². The molecule has 0 aliphatic carbocycles. The fourth-order valence-electron chi connectivity index (χ4n) is 1.21. The molecular weight excluding hydrogens is 200 g/mol. The van der Waals surface area contributed by atoms with Gasteiger partial charge in [-0.3, -0.25) is 9.59 Å². The lowest BCUT2D eigenvalue weighted by atomic mass is 9.84. The average molecular weight is 218 g/mol. The summed E-state index contributed by atoms with van der Waals surface area (Å²) in [5.41, 5.74) is -0.422. The molecule has 1 N–H and O–H groups in total. The van der Waals surface area contributed by atoms with E-state index < -0.39 is 16.1 Å². The number of thioether (sulfide) groups is 1. The summed E-state index contributed by atoms with van der Waals surface area (Å²) in [6.07, 6.45) is 0. The van der Waals surface area contributed by atoms with Gasteiger partial charge in [0.1, 0.15) is 0 Å². The van der Waals surface area contributed by atoms with Crippen LogP contribution in [0.15, 0.2) is 0 Å². The summed E-state index contributed by atoms with van der Waals surface area (Å²) in [5, 5.41) is 8.53. The van der Waals surface area contributed by atoms with Gasteiger partial charge in [-0.05, 0) is 13.8 Å². The Labute approximate surface area is 89.3 Å². The Kier molecular flexibility index (Phi) is 4.18. The van der Waals surface area contributed by atoms with Crippen LogP contribution >= 0.6 is 11.8 Å². The minimum absolute atomic E-state index is 0.0329. The lowest BCUT2D eigenvalue weighted by Crippen LogP contribution is -2.38. The molecular formula is C10H18O3S. The van der Waals surface area contributed by atoms with Gasteiger partial charge in [-0.2, -0.15) is 0 Å². The Morgan fingerprint density at radius 3 is 1.86 bits per heavy atom. The summed E-state index contributed by atoms with van der Waals surface area (Å²) in [5.74, 6) is -0.838. The van der Waals surface area contributed by atoms with Crippen LogP contribution in [0.2, 0.25) is 0 Å². The molecule has 0 heterocycles.